The van der Waals surface area contributed by atoms with E-state index in [-0.39, 0.29) is 0 Å². The van der Waals surface area contributed by atoms with Gasteiger partial charge in [-0.15, -0.1) is 0 Å². The van der Waals surface area contributed by atoms with E-state index in [0.717, 1.165) is 49.4 Å². The molecule has 0 aliphatic carbocycles. The highest BCUT2D eigenvalue weighted by Crippen LogP contribution is 2.18. The molecule has 0 amide bonds. The zero-order valence-electron chi connectivity index (χ0n) is 11.6. The molecule has 0 bridgehead atoms. The van der Waals surface area contributed by atoms with E-state index >= 15 is 0 Å². The second kappa shape index (κ2) is 5.92. The Morgan fingerprint density at radius 3 is 2.47 bits per heavy atom. The molecule has 0 spiro atoms. The molecule has 6 heteroatoms. The van der Waals surface area contributed by atoms with Gasteiger partial charge in [-0.1, -0.05) is 0 Å². The van der Waals surface area contributed by atoms with Gasteiger partial charge in [0.2, 0.25) is 0 Å². The molecule has 0 saturated carbocycles. The Morgan fingerprint density at radius 2 is 1.89 bits per heavy atom. The number of piperazine rings is 1. The number of nitrogens with two attached hydrogens (primary N) is 1. The van der Waals surface area contributed by atoms with Gasteiger partial charge in [0.1, 0.15) is 0 Å². The molecule has 0 aromatic heterocycles. The van der Waals surface area contributed by atoms with Crippen LogP contribution in [0.15, 0.2) is 6.07 Å². The summed E-state index contributed by atoms with van der Waals surface area (Å²) in [5, 5.41) is 22.4. The minimum absolute atomic E-state index is 0.546. The zero-order valence-corrected chi connectivity index (χ0v) is 11.6. The van der Waals surface area contributed by atoms with Crippen LogP contribution < -0.4 is 16.5 Å². The third-order valence-electron chi connectivity index (χ3n) is 3.91. The van der Waals surface area contributed by atoms with Crippen LogP contribution in [-0.2, 0) is 6.54 Å². The molecule has 1 aromatic carbocycles. The highest BCUT2D eigenvalue weighted by atomic mass is 16.4. The van der Waals surface area contributed by atoms with Gasteiger partial charge in [0.05, 0.1) is 0 Å². The SMILES string of the molecule is Cc1c(N)cc(CN2CCNCC2)c(C)c1B(O)O. The summed E-state index contributed by atoms with van der Waals surface area (Å²) in [7, 11) is -1.47. The van der Waals surface area contributed by atoms with Crippen LogP contribution in [0, 0.1) is 13.8 Å². The first-order valence-electron chi connectivity index (χ1n) is 6.68. The van der Waals surface area contributed by atoms with Crippen molar-refractivity contribution in [3.63, 3.8) is 0 Å². The molecule has 1 fully saturated rings. The molecule has 5 nitrogen and oxygen atoms in total. The summed E-state index contributed by atoms with van der Waals surface area (Å²) in [6, 6.07) is 1.96. The van der Waals surface area contributed by atoms with Crippen LogP contribution >= 0.6 is 0 Å². The summed E-state index contributed by atoms with van der Waals surface area (Å²) >= 11 is 0. The lowest BCUT2D eigenvalue weighted by Crippen LogP contribution is -2.43. The Morgan fingerprint density at radius 1 is 1.26 bits per heavy atom. The Kier molecular flexibility index (Phi) is 4.47. The fourth-order valence-electron chi connectivity index (χ4n) is 2.68. The lowest BCUT2D eigenvalue weighted by Gasteiger charge is -2.28. The molecule has 0 unspecified atom stereocenters. The van der Waals surface area contributed by atoms with E-state index in [2.05, 4.69) is 10.2 Å². The maximum atomic E-state index is 9.52. The second-order valence-corrected chi connectivity index (χ2v) is 5.19. The number of nitrogens with one attached hydrogen (secondary N) is 1. The molecule has 1 aliphatic heterocycles. The van der Waals surface area contributed by atoms with Gasteiger partial charge < -0.3 is 21.1 Å². The van der Waals surface area contributed by atoms with Crippen LogP contribution in [0.2, 0.25) is 0 Å². The predicted octanol–water partition coefficient (Wildman–Crippen LogP) is -1.03. The van der Waals surface area contributed by atoms with Gasteiger partial charge in [-0.2, -0.15) is 0 Å². The molecular weight excluding hydrogens is 241 g/mol. The molecule has 0 atom stereocenters. The van der Waals surface area contributed by atoms with E-state index < -0.39 is 7.12 Å². The molecule has 1 saturated heterocycles. The Balaban J connectivity index is 2.29. The summed E-state index contributed by atoms with van der Waals surface area (Å²) in [4.78, 5) is 2.35. The lowest BCUT2D eigenvalue weighted by atomic mass is 9.72. The van der Waals surface area contributed by atoms with Crippen molar-refractivity contribution in [3.8, 4) is 0 Å². The van der Waals surface area contributed by atoms with Crippen molar-refractivity contribution in [1.29, 1.82) is 0 Å². The molecule has 1 heterocycles. The molecule has 5 N–H and O–H groups in total. The van der Waals surface area contributed by atoms with Crippen molar-refractivity contribution in [2.45, 2.75) is 20.4 Å². The molecule has 2 rings (SSSR count). The van der Waals surface area contributed by atoms with Crippen molar-refractivity contribution in [2.75, 3.05) is 31.9 Å². The number of benzene rings is 1. The maximum absolute atomic E-state index is 9.52. The number of nitrogen functional groups attached to an aromatic ring is 1. The Hall–Kier alpha value is -1.08. The lowest BCUT2D eigenvalue weighted by molar-refractivity contribution is 0.233. The number of anilines is 1. The monoisotopic (exact) mass is 263 g/mol. The van der Waals surface area contributed by atoms with Gasteiger partial charge in [-0.3, -0.25) is 4.90 Å². The second-order valence-electron chi connectivity index (χ2n) is 5.19. The maximum Gasteiger partial charge on any atom is 0.489 e. The van der Waals surface area contributed by atoms with Gasteiger partial charge >= 0.3 is 7.12 Å². The van der Waals surface area contributed by atoms with Crippen LogP contribution in [0.1, 0.15) is 16.7 Å². The van der Waals surface area contributed by atoms with Crippen molar-refractivity contribution >= 4 is 18.3 Å². The first-order valence-corrected chi connectivity index (χ1v) is 6.68. The summed E-state index contributed by atoms with van der Waals surface area (Å²) in [6.07, 6.45) is 0. The first kappa shape index (κ1) is 14.3. The fraction of sp³-hybridized carbons (Fsp3) is 0.538. The van der Waals surface area contributed by atoms with Crippen molar-refractivity contribution < 1.29 is 10.0 Å². The van der Waals surface area contributed by atoms with E-state index in [1.807, 2.05) is 19.9 Å². The molecule has 1 aliphatic rings. The Labute approximate surface area is 114 Å². The van der Waals surface area contributed by atoms with Crippen LogP contribution in [0.4, 0.5) is 5.69 Å². The minimum atomic E-state index is -1.47. The predicted molar refractivity (Wildman–Crippen MR) is 78.3 cm³/mol. The quantitative estimate of drug-likeness (QED) is 0.414. The van der Waals surface area contributed by atoms with E-state index in [4.69, 9.17) is 5.73 Å². The van der Waals surface area contributed by atoms with E-state index in [0.29, 0.717) is 11.2 Å². The van der Waals surface area contributed by atoms with Crippen molar-refractivity contribution in [3.05, 3.63) is 22.8 Å². The summed E-state index contributed by atoms with van der Waals surface area (Å²) in [6.45, 7) is 8.56. The zero-order chi connectivity index (χ0) is 14.0. The van der Waals surface area contributed by atoms with Gasteiger partial charge in [0.25, 0.3) is 0 Å². The number of nitrogens with zero attached hydrogens (tertiary/aromatic N) is 1. The smallest absolute Gasteiger partial charge is 0.423 e. The van der Waals surface area contributed by atoms with Gasteiger partial charge in [0.15, 0.2) is 0 Å². The third kappa shape index (κ3) is 3.09. The summed E-state index contributed by atoms with van der Waals surface area (Å²) in [5.74, 6) is 0. The number of hydrogen-bond acceptors (Lipinski definition) is 5. The Bertz CT molecular complexity index is 460. The standard InChI is InChI=1S/C13H22BN3O2/c1-9-11(8-17-5-3-16-4-6-17)7-12(15)10(2)13(9)14(18)19/h7,16,18-19H,3-6,8,15H2,1-2H3. The average Bonchev–Trinajstić information content (AvgIpc) is 2.37. The van der Waals surface area contributed by atoms with Gasteiger partial charge in [-0.25, -0.2) is 0 Å². The average molecular weight is 263 g/mol. The van der Waals surface area contributed by atoms with E-state index in [1.165, 1.54) is 0 Å². The van der Waals surface area contributed by atoms with Crippen LogP contribution in [0.3, 0.4) is 0 Å². The van der Waals surface area contributed by atoms with Crippen LogP contribution in [-0.4, -0.2) is 48.2 Å². The third-order valence-corrected chi connectivity index (χ3v) is 3.91. The first-order chi connectivity index (χ1) is 9.00. The largest absolute Gasteiger partial charge is 0.489 e. The molecular formula is C13H22BN3O2. The highest BCUT2D eigenvalue weighted by molar-refractivity contribution is 6.60. The number of hydrogen-bond donors (Lipinski definition) is 4. The molecule has 1 aromatic rings. The van der Waals surface area contributed by atoms with Crippen LogP contribution in [0.5, 0.6) is 0 Å². The van der Waals surface area contributed by atoms with Crippen molar-refractivity contribution in [2.24, 2.45) is 0 Å². The van der Waals surface area contributed by atoms with Crippen LogP contribution in [0.25, 0.3) is 0 Å². The minimum Gasteiger partial charge on any atom is -0.423 e. The molecule has 19 heavy (non-hydrogen) atoms. The molecule has 0 radical (unpaired) electrons. The summed E-state index contributed by atoms with van der Waals surface area (Å²) in [5.41, 5.74) is 9.92. The molecule has 104 valence electrons. The summed E-state index contributed by atoms with van der Waals surface area (Å²) < 4.78 is 0. The topological polar surface area (TPSA) is 81.8 Å². The van der Waals surface area contributed by atoms with Crippen molar-refractivity contribution in [1.82, 2.24) is 10.2 Å². The van der Waals surface area contributed by atoms with Gasteiger partial charge in [0, 0.05) is 38.4 Å². The highest BCUT2D eigenvalue weighted by Gasteiger charge is 2.22. The van der Waals surface area contributed by atoms with E-state index in [9.17, 15) is 10.0 Å². The fourth-order valence-corrected chi connectivity index (χ4v) is 2.68. The van der Waals surface area contributed by atoms with Gasteiger partial charge in [-0.05, 0) is 42.1 Å². The normalized spacial score (nSPS) is 16.6. The van der Waals surface area contributed by atoms with E-state index in [1.54, 1.807) is 0 Å². The number of rotatable bonds is 3.